The first-order valence-corrected chi connectivity index (χ1v) is 8.72. The number of rotatable bonds is 4. The molecule has 2 heteroatoms. The van der Waals surface area contributed by atoms with Gasteiger partial charge < -0.3 is 5.11 Å². The fraction of sp³-hybridized carbons (Fsp3) is 0.750. The van der Waals surface area contributed by atoms with E-state index in [1.165, 1.54) is 24.0 Å². The summed E-state index contributed by atoms with van der Waals surface area (Å²) in [7, 11) is 0. The zero-order valence-corrected chi connectivity index (χ0v) is 14.9. The van der Waals surface area contributed by atoms with Gasteiger partial charge in [-0.1, -0.05) is 44.9 Å². The van der Waals surface area contributed by atoms with Crippen LogP contribution in [0.5, 0.6) is 0 Å². The first kappa shape index (κ1) is 17.5. The number of aliphatic hydroxyl groups is 1. The molecule has 0 saturated heterocycles. The maximum atomic E-state index is 12.2. The second kappa shape index (κ2) is 6.31. The zero-order chi connectivity index (χ0) is 16.5. The van der Waals surface area contributed by atoms with Gasteiger partial charge in [0.25, 0.3) is 0 Å². The summed E-state index contributed by atoms with van der Waals surface area (Å²) in [5.41, 5.74) is 2.86. The molecule has 1 fully saturated rings. The van der Waals surface area contributed by atoms with E-state index in [0.29, 0.717) is 24.0 Å². The molecule has 2 nitrogen and oxygen atoms in total. The molecule has 0 amide bonds. The highest BCUT2D eigenvalue weighted by Crippen LogP contribution is 2.57. The summed E-state index contributed by atoms with van der Waals surface area (Å²) in [6.07, 6.45) is 9.11. The lowest BCUT2D eigenvalue weighted by Gasteiger charge is -2.52. The minimum Gasteiger partial charge on any atom is -0.392 e. The number of hydrogen-bond donors (Lipinski definition) is 1. The third-order valence-corrected chi connectivity index (χ3v) is 6.38. The van der Waals surface area contributed by atoms with Crippen molar-refractivity contribution < 1.29 is 9.90 Å². The zero-order valence-electron chi connectivity index (χ0n) is 14.9. The van der Waals surface area contributed by atoms with E-state index in [4.69, 9.17) is 5.11 Å². The maximum absolute atomic E-state index is 12.2. The quantitative estimate of drug-likeness (QED) is 0.765. The molecule has 2 aliphatic carbocycles. The molecule has 2 aliphatic rings. The second-order valence-electron chi connectivity index (χ2n) is 8.41. The Morgan fingerprint density at radius 2 is 2.05 bits per heavy atom. The van der Waals surface area contributed by atoms with Gasteiger partial charge in [-0.2, -0.15) is 0 Å². The summed E-state index contributed by atoms with van der Waals surface area (Å²) in [5, 5.41) is 9.05. The lowest BCUT2D eigenvalue weighted by Crippen LogP contribution is -2.44. The molecule has 1 N–H and O–H groups in total. The van der Waals surface area contributed by atoms with Gasteiger partial charge in [-0.3, -0.25) is 4.79 Å². The van der Waals surface area contributed by atoms with Gasteiger partial charge in [0.15, 0.2) is 5.78 Å². The Kier molecular flexibility index (Phi) is 5.01. The summed E-state index contributed by atoms with van der Waals surface area (Å²) in [4.78, 5) is 12.2. The minimum absolute atomic E-state index is 0.0958. The van der Waals surface area contributed by atoms with Crippen LogP contribution in [-0.4, -0.2) is 17.5 Å². The highest BCUT2D eigenvalue weighted by Gasteiger charge is 2.49. The van der Waals surface area contributed by atoms with Gasteiger partial charge in [-0.25, -0.2) is 0 Å². The lowest BCUT2D eigenvalue weighted by molar-refractivity contribution is -0.118. The molecule has 0 heterocycles. The fourth-order valence-electron chi connectivity index (χ4n) is 4.55. The van der Waals surface area contributed by atoms with Crippen LogP contribution >= 0.6 is 0 Å². The van der Waals surface area contributed by atoms with E-state index in [1.807, 2.05) is 12.2 Å². The Morgan fingerprint density at radius 1 is 1.36 bits per heavy atom. The molecular weight excluding hydrogens is 272 g/mol. The van der Waals surface area contributed by atoms with Gasteiger partial charge in [0.05, 0.1) is 6.61 Å². The number of ketones is 1. The molecule has 0 aromatic rings. The largest absolute Gasteiger partial charge is 0.392 e. The highest BCUT2D eigenvalue weighted by atomic mass is 16.2. The topological polar surface area (TPSA) is 37.3 Å². The fourth-order valence-corrected chi connectivity index (χ4v) is 4.55. The minimum atomic E-state index is 0.0958. The summed E-state index contributed by atoms with van der Waals surface area (Å²) >= 11 is 0. The highest BCUT2D eigenvalue weighted by molar-refractivity contribution is 5.92. The van der Waals surface area contributed by atoms with Crippen LogP contribution in [0.25, 0.3) is 0 Å². The number of hydrogen-bond acceptors (Lipinski definition) is 2. The molecule has 0 aromatic carbocycles. The van der Waals surface area contributed by atoms with Crippen LogP contribution in [-0.2, 0) is 4.79 Å². The van der Waals surface area contributed by atoms with Crippen molar-refractivity contribution in [2.45, 2.75) is 66.7 Å². The lowest BCUT2D eigenvalue weighted by atomic mass is 9.52. The average Bonchev–Trinajstić information content (AvgIpc) is 2.41. The molecule has 0 aliphatic heterocycles. The van der Waals surface area contributed by atoms with Crippen molar-refractivity contribution >= 4 is 5.78 Å². The number of carbonyl (C=O) groups excluding carboxylic acids is 1. The first-order chi connectivity index (χ1) is 10.2. The van der Waals surface area contributed by atoms with Gasteiger partial charge in [0.1, 0.15) is 0 Å². The van der Waals surface area contributed by atoms with Crippen LogP contribution in [0.3, 0.4) is 0 Å². The van der Waals surface area contributed by atoms with Gasteiger partial charge >= 0.3 is 0 Å². The maximum Gasteiger partial charge on any atom is 0.156 e. The second-order valence-corrected chi connectivity index (χ2v) is 8.41. The van der Waals surface area contributed by atoms with Crippen molar-refractivity contribution in [2.75, 3.05) is 6.61 Å². The summed E-state index contributed by atoms with van der Waals surface area (Å²) in [6.45, 7) is 11.4. The standard InChI is InChI=1S/C20H32O2/c1-14(9-11-21)8-10-20(5)15(2)6-7-17-18(20)12-16(22)13-19(17,3)4/h9,12,15,17,21H,6-8,10-11,13H2,1-5H3/b14-9+/t15-,17?,20+/m1/s1. The molecule has 2 rings (SSSR count). The Hall–Kier alpha value is -0.890. The van der Waals surface area contributed by atoms with Crippen LogP contribution in [0, 0.1) is 22.7 Å². The smallest absolute Gasteiger partial charge is 0.156 e. The monoisotopic (exact) mass is 304 g/mol. The van der Waals surface area contributed by atoms with Crippen molar-refractivity contribution in [3.8, 4) is 0 Å². The van der Waals surface area contributed by atoms with E-state index in [9.17, 15) is 4.79 Å². The molecule has 0 aromatic heterocycles. The van der Waals surface area contributed by atoms with E-state index in [1.54, 1.807) is 0 Å². The molecule has 3 atom stereocenters. The van der Waals surface area contributed by atoms with E-state index >= 15 is 0 Å². The number of carbonyl (C=O) groups is 1. The van der Waals surface area contributed by atoms with E-state index in [0.717, 1.165) is 12.8 Å². The van der Waals surface area contributed by atoms with E-state index in [-0.39, 0.29) is 17.4 Å². The molecule has 0 bridgehead atoms. The van der Waals surface area contributed by atoms with Crippen LogP contribution < -0.4 is 0 Å². The van der Waals surface area contributed by atoms with Gasteiger partial charge in [-0.05, 0) is 61.3 Å². The third-order valence-electron chi connectivity index (χ3n) is 6.38. The van der Waals surface area contributed by atoms with Crippen LogP contribution in [0.4, 0.5) is 0 Å². The van der Waals surface area contributed by atoms with Crippen molar-refractivity contribution in [1.29, 1.82) is 0 Å². The predicted molar refractivity (Wildman–Crippen MR) is 91.6 cm³/mol. The van der Waals surface area contributed by atoms with Gasteiger partial charge in [-0.15, -0.1) is 0 Å². The third kappa shape index (κ3) is 3.22. The summed E-state index contributed by atoms with van der Waals surface area (Å²) < 4.78 is 0. The molecule has 22 heavy (non-hydrogen) atoms. The predicted octanol–water partition coefficient (Wildman–Crippen LogP) is 4.68. The number of fused-ring (bicyclic) bond motifs is 1. The van der Waals surface area contributed by atoms with Crippen molar-refractivity contribution in [2.24, 2.45) is 22.7 Å². The molecular formula is C20H32O2. The van der Waals surface area contributed by atoms with Crippen molar-refractivity contribution in [1.82, 2.24) is 0 Å². The van der Waals surface area contributed by atoms with Crippen molar-refractivity contribution in [3.63, 3.8) is 0 Å². The molecule has 124 valence electrons. The summed E-state index contributed by atoms with van der Waals surface area (Å²) in [5.74, 6) is 1.46. The van der Waals surface area contributed by atoms with E-state index < -0.39 is 0 Å². The molecule has 0 spiro atoms. The molecule has 1 saturated carbocycles. The normalized spacial score (nSPS) is 35.1. The number of allylic oxidation sites excluding steroid dienone is 3. The molecule has 0 radical (unpaired) electrons. The van der Waals surface area contributed by atoms with Gasteiger partial charge in [0.2, 0.25) is 0 Å². The number of aliphatic hydroxyl groups excluding tert-OH is 1. The summed E-state index contributed by atoms with van der Waals surface area (Å²) in [6, 6.07) is 0. The van der Waals surface area contributed by atoms with Crippen LogP contribution in [0.1, 0.15) is 66.7 Å². The Labute approximate surface area is 135 Å². The van der Waals surface area contributed by atoms with Crippen LogP contribution in [0.15, 0.2) is 23.3 Å². The average molecular weight is 304 g/mol. The van der Waals surface area contributed by atoms with E-state index in [2.05, 4.69) is 34.6 Å². The van der Waals surface area contributed by atoms with Crippen LogP contribution in [0.2, 0.25) is 0 Å². The molecule has 1 unspecified atom stereocenters. The van der Waals surface area contributed by atoms with Crippen molar-refractivity contribution in [3.05, 3.63) is 23.3 Å². The first-order valence-electron chi connectivity index (χ1n) is 8.72. The Balaban J connectivity index is 2.31. The Morgan fingerprint density at radius 3 is 2.68 bits per heavy atom. The Bertz CT molecular complexity index is 498. The van der Waals surface area contributed by atoms with Gasteiger partial charge in [0, 0.05) is 6.42 Å². The SMILES string of the molecule is C/C(=C\CO)CC[C@]1(C)C2=CC(=O)CC(C)(C)C2CC[C@H]1C.